The van der Waals surface area contributed by atoms with Crippen LogP contribution in [0.5, 0.6) is 0 Å². The van der Waals surface area contributed by atoms with Gasteiger partial charge in [-0.15, -0.1) is 0 Å². The molecule has 3 nitrogen and oxygen atoms in total. The van der Waals surface area contributed by atoms with Gasteiger partial charge in [0, 0.05) is 18.7 Å². The fourth-order valence-electron chi connectivity index (χ4n) is 3.19. The summed E-state index contributed by atoms with van der Waals surface area (Å²) in [6, 6.07) is 16.9. The van der Waals surface area contributed by atoms with Gasteiger partial charge in [0.25, 0.3) is 0 Å². The lowest BCUT2D eigenvalue weighted by Gasteiger charge is -2.10. The third-order valence-corrected chi connectivity index (χ3v) is 4.59. The van der Waals surface area contributed by atoms with Crippen LogP contribution in [0.1, 0.15) is 44.6 Å². The van der Waals surface area contributed by atoms with Crippen molar-refractivity contribution in [3.05, 3.63) is 54.1 Å². The van der Waals surface area contributed by atoms with Crippen molar-refractivity contribution in [2.45, 2.75) is 52.1 Å². The van der Waals surface area contributed by atoms with E-state index in [9.17, 15) is 0 Å². The summed E-state index contributed by atoms with van der Waals surface area (Å²) in [4.78, 5) is 4.89. The summed E-state index contributed by atoms with van der Waals surface area (Å²) in [5, 5.41) is 0. The monoisotopic (exact) mass is 321 g/mol. The van der Waals surface area contributed by atoms with Gasteiger partial charge in [0.2, 0.25) is 0 Å². The van der Waals surface area contributed by atoms with Crippen LogP contribution in [0.3, 0.4) is 0 Å². The molecule has 1 heterocycles. The molecule has 0 bridgehead atoms. The lowest BCUT2D eigenvalue weighted by Crippen LogP contribution is -2.01. The Morgan fingerprint density at radius 2 is 1.67 bits per heavy atom. The first kappa shape index (κ1) is 16.7. The SMILES string of the molecule is CCCCCCCn1c(-c2ccc(CN)cc2)nc2ccccc21. The van der Waals surface area contributed by atoms with Gasteiger partial charge in [0.05, 0.1) is 11.0 Å². The Kier molecular flexibility index (Phi) is 5.65. The van der Waals surface area contributed by atoms with Crippen LogP contribution in [0, 0.1) is 0 Å². The molecule has 0 saturated heterocycles. The first-order valence-electron chi connectivity index (χ1n) is 9.08. The second kappa shape index (κ2) is 8.11. The van der Waals surface area contributed by atoms with Crippen molar-refractivity contribution in [1.82, 2.24) is 9.55 Å². The maximum absolute atomic E-state index is 5.71. The second-order valence-corrected chi connectivity index (χ2v) is 6.39. The van der Waals surface area contributed by atoms with E-state index in [0.29, 0.717) is 6.54 Å². The van der Waals surface area contributed by atoms with Crippen molar-refractivity contribution < 1.29 is 0 Å². The first-order valence-corrected chi connectivity index (χ1v) is 9.08. The van der Waals surface area contributed by atoms with E-state index in [2.05, 4.69) is 60.0 Å². The van der Waals surface area contributed by atoms with Gasteiger partial charge in [-0.05, 0) is 24.1 Å². The van der Waals surface area contributed by atoms with Crippen LogP contribution in [0.25, 0.3) is 22.4 Å². The molecule has 0 aliphatic heterocycles. The van der Waals surface area contributed by atoms with Crippen LogP contribution in [-0.2, 0) is 13.1 Å². The fourth-order valence-corrected chi connectivity index (χ4v) is 3.19. The van der Waals surface area contributed by atoms with Crippen molar-refractivity contribution in [2.75, 3.05) is 0 Å². The third kappa shape index (κ3) is 3.68. The van der Waals surface area contributed by atoms with Gasteiger partial charge in [-0.1, -0.05) is 69.0 Å². The molecule has 0 amide bonds. The molecule has 3 rings (SSSR count). The number of hydrogen-bond donors (Lipinski definition) is 1. The number of unbranched alkanes of at least 4 members (excludes halogenated alkanes) is 4. The summed E-state index contributed by atoms with van der Waals surface area (Å²) in [6.45, 7) is 3.86. The zero-order valence-corrected chi connectivity index (χ0v) is 14.5. The number of para-hydroxylation sites is 2. The predicted octanol–water partition coefficient (Wildman–Crippen LogP) is 5.13. The number of hydrogen-bond acceptors (Lipinski definition) is 2. The zero-order chi connectivity index (χ0) is 16.8. The summed E-state index contributed by atoms with van der Waals surface area (Å²) < 4.78 is 2.37. The van der Waals surface area contributed by atoms with E-state index in [1.165, 1.54) is 37.6 Å². The molecule has 0 unspecified atom stereocenters. The van der Waals surface area contributed by atoms with Crippen molar-refractivity contribution in [3.63, 3.8) is 0 Å². The number of aryl methyl sites for hydroxylation is 1. The molecular weight excluding hydrogens is 294 g/mol. The van der Waals surface area contributed by atoms with Crippen LogP contribution in [0.2, 0.25) is 0 Å². The Labute approximate surface area is 144 Å². The molecule has 126 valence electrons. The standard InChI is InChI=1S/C21H27N3/c1-2-3-4-5-8-15-24-20-10-7-6-9-19(20)23-21(24)18-13-11-17(16-22)12-14-18/h6-7,9-14H,2-5,8,15-16,22H2,1H3. The third-order valence-electron chi connectivity index (χ3n) is 4.59. The largest absolute Gasteiger partial charge is 0.326 e. The highest BCUT2D eigenvalue weighted by Crippen LogP contribution is 2.26. The van der Waals surface area contributed by atoms with Crippen molar-refractivity contribution in [3.8, 4) is 11.4 Å². The zero-order valence-electron chi connectivity index (χ0n) is 14.5. The highest BCUT2D eigenvalue weighted by molar-refractivity contribution is 5.80. The average Bonchev–Trinajstić information content (AvgIpc) is 3.00. The van der Waals surface area contributed by atoms with E-state index in [0.717, 1.165) is 29.0 Å². The molecule has 0 aliphatic rings. The number of nitrogens with zero attached hydrogens (tertiary/aromatic N) is 2. The highest BCUT2D eigenvalue weighted by Gasteiger charge is 2.12. The fraction of sp³-hybridized carbons (Fsp3) is 0.381. The van der Waals surface area contributed by atoms with Gasteiger partial charge in [-0.3, -0.25) is 0 Å². The van der Waals surface area contributed by atoms with Crippen LogP contribution in [-0.4, -0.2) is 9.55 Å². The van der Waals surface area contributed by atoms with Gasteiger partial charge in [-0.25, -0.2) is 4.98 Å². The lowest BCUT2D eigenvalue weighted by molar-refractivity contribution is 0.578. The molecule has 2 aromatic carbocycles. The number of benzene rings is 2. The molecular formula is C21H27N3. The maximum atomic E-state index is 5.71. The smallest absolute Gasteiger partial charge is 0.141 e. The van der Waals surface area contributed by atoms with Crippen molar-refractivity contribution in [2.24, 2.45) is 5.73 Å². The van der Waals surface area contributed by atoms with Crippen LogP contribution < -0.4 is 5.73 Å². The number of imidazole rings is 1. The molecule has 2 N–H and O–H groups in total. The lowest BCUT2D eigenvalue weighted by atomic mass is 10.1. The quantitative estimate of drug-likeness (QED) is 0.584. The Morgan fingerprint density at radius 1 is 0.917 bits per heavy atom. The Morgan fingerprint density at radius 3 is 2.42 bits per heavy atom. The topological polar surface area (TPSA) is 43.8 Å². The molecule has 1 aromatic heterocycles. The van der Waals surface area contributed by atoms with Crippen LogP contribution >= 0.6 is 0 Å². The first-order chi connectivity index (χ1) is 11.8. The molecule has 0 atom stereocenters. The molecule has 0 fully saturated rings. The van der Waals surface area contributed by atoms with Crippen molar-refractivity contribution >= 4 is 11.0 Å². The normalized spacial score (nSPS) is 11.2. The van der Waals surface area contributed by atoms with E-state index in [4.69, 9.17) is 10.7 Å². The van der Waals surface area contributed by atoms with Crippen LogP contribution in [0.4, 0.5) is 0 Å². The minimum atomic E-state index is 0.578. The number of rotatable bonds is 8. The Hall–Kier alpha value is -2.13. The van der Waals surface area contributed by atoms with E-state index in [1.54, 1.807) is 0 Å². The molecule has 24 heavy (non-hydrogen) atoms. The van der Waals surface area contributed by atoms with Gasteiger partial charge < -0.3 is 10.3 Å². The summed E-state index contributed by atoms with van der Waals surface area (Å²) in [6.07, 6.45) is 6.43. The maximum Gasteiger partial charge on any atom is 0.141 e. The summed E-state index contributed by atoms with van der Waals surface area (Å²) >= 11 is 0. The highest BCUT2D eigenvalue weighted by atomic mass is 15.1. The summed E-state index contributed by atoms with van der Waals surface area (Å²) in [7, 11) is 0. The van der Waals surface area contributed by atoms with E-state index in [1.807, 2.05) is 0 Å². The number of nitrogens with two attached hydrogens (primary N) is 1. The van der Waals surface area contributed by atoms with Gasteiger partial charge in [-0.2, -0.15) is 0 Å². The summed E-state index contributed by atoms with van der Waals surface area (Å²) in [5.74, 6) is 1.07. The molecule has 0 spiro atoms. The van der Waals surface area contributed by atoms with Gasteiger partial charge >= 0.3 is 0 Å². The van der Waals surface area contributed by atoms with Crippen molar-refractivity contribution in [1.29, 1.82) is 0 Å². The minimum absolute atomic E-state index is 0.578. The average molecular weight is 321 g/mol. The molecule has 3 heteroatoms. The Bertz CT molecular complexity index is 771. The van der Waals surface area contributed by atoms with Gasteiger partial charge in [0.1, 0.15) is 5.82 Å². The van der Waals surface area contributed by atoms with E-state index >= 15 is 0 Å². The predicted molar refractivity (Wildman–Crippen MR) is 102 cm³/mol. The molecule has 0 radical (unpaired) electrons. The molecule has 3 aromatic rings. The van der Waals surface area contributed by atoms with E-state index < -0.39 is 0 Å². The Balaban J connectivity index is 1.89. The van der Waals surface area contributed by atoms with Crippen LogP contribution in [0.15, 0.2) is 48.5 Å². The molecule has 0 aliphatic carbocycles. The number of fused-ring (bicyclic) bond motifs is 1. The summed E-state index contributed by atoms with van der Waals surface area (Å²) in [5.41, 5.74) is 10.3. The van der Waals surface area contributed by atoms with E-state index in [-0.39, 0.29) is 0 Å². The minimum Gasteiger partial charge on any atom is -0.326 e. The van der Waals surface area contributed by atoms with Gasteiger partial charge in [0.15, 0.2) is 0 Å². The molecule has 0 saturated carbocycles. The second-order valence-electron chi connectivity index (χ2n) is 6.39. The number of aromatic nitrogens is 2.